The Bertz CT molecular complexity index is 5300. The topological polar surface area (TPSA) is 94.2 Å². The van der Waals surface area contributed by atoms with Crippen LogP contribution in [0.4, 0.5) is 56.9 Å². The van der Waals surface area contributed by atoms with E-state index in [1.165, 1.54) is 5.56 Å². The summed E-state index contributed by atoms with van der Waals surface area (Å²) in [6, 6.07) is 81.0. The van der Waals surface area contributed by atoms with Gasteiger partial charge in [0.1, 0.15) is 70.0 Å². The van der Waals surface area contributed by atoms with Crippen LogP contribution in [0.1, 0.15) is 26.3 Å². The number of pyridine rings is 1. The zero-order valence-corrected chi connectivity index (χ0v) is 50.0. The average Bonchev–Trinajstić information content (AvgIpc) is 0.941. The molecule has 0 aliphatic carbocycles. The summed E-state index contributed by atoms with van der Waals surface area (Å²) in [4.78, 5) is 20.0. The Morgan fingerprint density at radius 2 is 0.870 bits per heavy atom. The smallest absolute Gasteiger partial charge is 0.266 e. The number of benzene rings is 11. The van der Waals surface area contributed by atoms with Gasteiger partial charge in [0.05, 0.1) is 50.5 Å². The Kier molecular flexibility index (Phi) is 9.77. The van der Waals surface area contributed by atoms with Gasteiger partial charge in [-0.15, -0.1) is 0 Å². The van der Waals surface area contributed by atoms with Crippen molar-refractivity contribution >= 4 is 131 Å². The molecule has 0 N–H and O–H groups in total. The number of nitrogens with zero attached hydrogens (tertiary/aromatic N) is 8. The van der Waals surface area contributed by atoms with Gasteiger partial charge in [-0.25, -0.2) is 9.97 Å². The van der Waals surface area contributed by atoms with E-state index in [0.29, 0.717) is 18.2 Å². The summed E-state index contributed by atoms with van der Waals surface area (Å²) in [6.45, 7) is 6.91. The summed E-state index contributed by atoms with van der Waals surface area (Å²) in [5.41, 5.74) is 21.6. The van der Waals surface area contributed by atoms with Crippen molar-refractivity contribution in [2.24, 2.45) is 0 Å². The Hall–Kier alpha value is -11.8. The number of para-hydroxylation sites is 5. The predicted octanol–water partition coefficient (Wildman–Crippen LogP) is 15.2. The number of imidazole rings is 2. The van der Waals surface area contributed by atoms with Gasteiger partial charge < -0.3 is 43.3 Å². The van der Waals surface area contributed by atoms with Crippen molar-refractivity contribution in [2.75, 3.05) is 26.3 Å². The molecule has 11 aromatic carbocycles. The van der Waals surface area contributed by atoms with Gasteiger partial charge in [0, 0.05) is 57.7 Å². The zero-order valence-electron chi connectivity index (χ0n) is 50.0. The minimum Gasteiger partial charge on any atom is -0.458 e. The van der Waals surface area contributed by atoms with Gasteiger partial charge in [-0.05, 0) is 178 Å². The van der Waals surface area contributed by atoms with E-state index in [1.54, 1.807) is 0 Å². The summed E-state index contributed by atoms with van der Waals surface area (Å²) < 4.78 is 39.0. The first-order valence-electron chi connectivity index (χ1n) is 31.3. The fourth-order valence-corrected chi connectivity index (χ4v) is 15.8. The maximum Gasteiger partial charge on any atom is 0.266 e. The maximum absolute atomic E-state index is 7.02. The van der Waals surface area contributed by atoms with Gasteiger partial charge in [-0.1, -0.05) is 93.6 Å². The highest BCUT2D eigenvalue weighted by Crippen LogP contribution is 2.57. The van der Waals surface area contributed by atoms with Crippen molar-refractivity contribution in [3.05, 3.63) is 242 Å². The molecule has 10 heterocycles. The second-order valence-corrected chi connectivity index (χ2v) is 25.6. The Labute approximate surface area is 528 Å². The van der Waals surface area contributed by atoms with Gasteiger partial charge in [0.25, 0.3) is 13.4 Å². The lowest BCUT2D eigenvalue weighted by molar-refractivity contribution is 0.463. The minimum atomic E-state index is -0.109. The van der Waals surface area contributed by atoms with Crippen LogP contribution in [0.25, 0.3) is 33.7 Å². The molecule has 0 unspecified atom stereocenters. The molecule has 7 aliphatic heterocycles. The fourth-order valence-electron chi connectivity index (χ4n) is 15.8. The van der Waals surface area contributed by atoms with E-state index in [-0.39, 0.29) is 18.8 Å². The molecule has 3 aromatic heterocycles. The Morgan fingerprint density at radius 1 is 0.402 bits per heavy atom. The first-order valence-corrected chi connectivity index (χ1v) is 31.3. The summed E-state index contributed by atoms with van der Waals surface area (Å²) >= 11 is 0. The zero-order chi connectivity index (χ0) is 60.4. The van der Waals surface area contributed by atoms with Crippen molar-refractivity contribution in [1.82, 2.24) is 18.9 Å². The summed E-state index contributed by atoms with van der Waals surface area (Å²) in [5.74, 6) is 9.54. The summed E-state index contributed by atoms with van der Waals surface area (Å²) in [5, 5.41) is 0. The van der Waals surface area contributed by atoms with E-state index in [0.717, 1.165) is 169 Å². The molecule has 7 aliphatic rings. The molecule has 0 bridgehead atoms. The van der Waals surface area contributed by atoms with Gasteiger partial charge in [-0.2, -0.15) is 0 Å². The maximum atomic E-state index is 7.02. The van der Waals surface area contributed by atoms with Crippen LogP contribution in [0.3, 0.4) is 0 Å². The lowest BCUT2D eigenvalue weighted by atomic mass is 9.33. The van der Waals surface area contributed by atoms with Crippen LogP contribution in [0.5, 0.6) is 57.5 Å². The fraction of sp³-hybridized carbons (Fsp3) is 0.0649. The molecule has 13 nitrogen and oxygen atoms in total. The molecular formula is C77H50B2N8O5. The van der Waals surface area contributed by atoms with Crippen molar-refractivity contribution in [3.8, 4) is 63.3 Å². The molecule has 0 fully saturated rings. The molecule has 434 valence electrons. The molecule has 0 radical (unpaired) electrons. The van der Waals surface area contributed by atoms with E-state index in [4.69, 9.17) is 33.7 Å². The number of hydrogen-bond donors (Lipinski definition) is 0. The number of ether oxygens (including phenoxy) is 5. The molecule has 14 aromatic rings. The van der Waals surface area contributed by atoms with Crippen LogP contribution < -0.4 is 76.1 Å². The molecule has 0 saturated heterocycles. The summed E-state index contributed by atoms with van der Waals surface area (Å²) in [6.07, 6.45) is 1.90. The number of aromatic nitrogens is 4. The molecule has 0 spiro atoms. The van der Waals surface area contributed by atoms with Gasteiger partial charge in [-0.3, -0.25) is 8.97 Å². The van der Waals surface area contributed by atoms with Crippen LogP contribution in [-0.2, 0) is 5.41 Å². The van der Waals surface area contributed by atoms with Crippen LogP contribution in [0.15, 0.2) is 237 Å². The van der Waals surface area contributed by atoms with Crippen LogP contribution in [0, 0.1) is 0 Å². The molecule has 0 atom stereocenters. The van der Waals surface area contributed by atoms with Gasteiger partial charge >= 0.3 is 0 Å². The number of rotatable bonds is 7. The normalized spacial score (nSPS) is 14.4. The first-order chi connectivity index (χ1) is 45.3. The third-order valence-corrected chi connectivity index (χ3v) is 19.7. The molecule has 15 heteroatoms. The van der Waals surface area contributed by atoms with E-state index < -0.39 is 0 Å². The average molecular weight is 1190 g/mol. The highest BCUT2D eigenvalue weighted by molar-refractivity contribution is 7.01. The van der Waals surface area contributed by atoms with Gasteiger partial charge in [0.15, 0.2) is 0 Å². The van der Waals surface area contributed by atoms with E-state index in [9.17, 15) is 0 Å². The lowest BCUT2D eigenvalue weighted by Gasteiger charge is -2.45. The molecule has 0 amide bonds. The Morgan fingerprint density at radius 3 is 1.43 bits per heavy atom. The number of fused-ring (bicyclic) bond motifs is 6. The van der Waals surface area contributed by atoms with Crippen LogP contribution in [-0.4, -0.2) is 39.0 Å². The quantitative estimate of drug-likeness (QED) is 0.143. The largest absolute Gasteiger partial charge is 0.458 e. The molecular weight excluding hydrogens is 1140 g/mol. The van der Waals surface area contributed by atoms with Crippen LogP contribution >= 0.6 is 0 Å². The van der Waals surface area contributed by atoms with E-state index in [2.05, 4.69) is 256 Å². The van der Waals surface area contributed by atoms with Crippen molar-refractivity contribution in [2.45, 2.75) is 26.2 Å². The highest BCUT2D eigenvalue weighted by atomic mass is 16.5. The Balaban J connectivity index is 0.739. The summed E-state index contributed by atoms with van der Waals surface area (Å²) in [7, 11) is 0. The molecule has 0 saturated carbocycles. The predicted molar refractivity (Wildman–Crippen MR) is 366 cm³/mol. The highest BCUT2D eigenvalue weighted by Gasteiger charge is 2.51. The second-order valence-electron chi connectivity index (χ2n) is 25.6. The van der Waals surface area contributed by atoms with E-state index >= 15 is 0 Å². The van der Waals surface area contributed by atoms with E-state index in [1.807, 2.05) is 30.5 Å². The lowest BCUT2D eigenvalue weighted by Crippen LogP contribution is -2.61. The molecule has 21 rings (SSSR count). The standard InChI is InChI=1S/C77H50B2N8O5/c1-77(2,3)44-38-39-80-68(40-44)87-59-42-47(36-37-52(59)86-49-19-5-4-18-48(49)81-76(86)87)88-46-17-8-16-45(41-46)82-43-83(51-21-7-6-20-50(51)82)75-57(84-53-22-10-28-60-69(53)78-70-54(84)23-11-29-61(70)90-65-33-14-32-64(89-60)73(65)78)26-9-27-58(75)85-55-24-12-30-62-71(55)79-72-56(85)25-13-31-63(72)92-67-35-15-34-66(91-62)74(67)79/h4-42H,43H2,1-3H3. The minimum absolute atomic E-state index is 0.0903. The van der Waals surface area contributed by atoms with Crippen LogP contribution in [0.2, 0.25) is 0 Å². The SMILES string of the molecule is CC(C)(C)c1ccnc(-n2c3cc(Oc4cccc(N5CN(c6c(N7c8cccc9c8B8c%10c(cccc%10Oc%10cccc7c%108)O9)cccc6N6c7cccc8c7B7c9c(cccc9Oc9cccc6c97)O8)c6ccccc65)c4)ccc3n3c4ccccc4nc23)c1. The monoisotopic (exact) mass is 1190 g/mol. The third kappa shape index (κ3) is 6.72. The third-order valence-electron chi connectivity index (χ3n) is 19.7. The van der Waals surface area contributed by atoms with Crippen molar-refractivity contribution < 1.29 is 23.7 Å². The van der Waals surface area contributed by atoms with Crippen molar-refractivity contribution in [3.63, 3.8) is 0 Å². The molecule has 92 heavy (non-hydrogen) atoms. The van der Waals surface area contributed by atoms with Crippen molar-refractivity contribution in [1.29, 1.82) is 0 Å². The number of anilines is 10. The van der Waals surface area contributed by atoms with Gasteiger partial charge in [0.2, 0.25) is 5.78 Å². The second kappa shape index (κ2) is 17.9. The first kappa shape index (κ1) is 50.1. The number of hydrogen-bond acceptors (Lipinski definition) is 11.